The second-order valence-corrected chi connectivity index (χ2v) is 9.71. The van der Waals surface area contributed by atoms with Gasteiger partial charge in [0.2, 0.25) is 0 Å². The predicted molar refractivity (Wildman–Crippen MR) is 99.0 cm³/mol. The number of halogens is 3. The van der Waals surface area contributed by atoms with Crippen molar-refractivity contribution >= 4 is 22.0 Å². The Kier molecular flexibility index (Phi) is 5.74. The van der Waals surface area contributed by atoms with Crippen LogP contribution in [0.1, 0.15) is 57.8 Å². The van der Waals surface area contributed by atoms with Crippen molar-refractivity contribution in [3.63, 3.8) is 0 Å². The largest absolute Gasteiger partial charge is 0.393 e. The molecule has 0 aliphatic rings. The quantitative estimate of drug-likeness (QED) is 0.757. The molecule has 0 aliphatic heterocycles. The normalized spacial score (nSPS) is 15.5. The Labute approximate surface area is 158 Å². The van der Waals surface area contributed by atoms with Crippen LogP contribution in [0.25, 0.3) is 11.0 Å². The summed E-state index contributed by atoms with van der Waals surface area (Å²) in [6.45, 7) is 5.60. The van der Waals surface area contributed by atoms with Gasteiger partial charge >= 0.3 is 6.18 Å². The van der Waals surface area contributed by atoms with Crippen molar-refractivity contribution in [3.05, 3.63) is 29.6 Å². The monoisotopic (exact) mass is 400 g/mol. The topological polar surface area (TPSA) is 95.6 Å². The minimum atomic E-state index is -4.39. The van der Waals surface area contributed by atoms with Crippen molar-refractivity contribution in [1.82, 2.24) is 9.97 Å². The van der Waals surface area contributed by atoms with E-state index in [4.69, 9.17) is 10.4 Å². The van der Waals surface area contributed by atoms with Crippen LogP contribution in [0.15, 0.2) is 18.2 Å². The standard InChI is InChI=1S/C18H23F3N4OS/c1-16(2,18(19,20)21)8-12(9-17(3,4)27(23)26)15-24-13-6-5-11(10-22)7-14(13)25-15/h5-7,12H,8-9,23H2,1-4H3,(H,24,25)/t12-,27?/m0/s1. The summed E-state index contributed by atoms with van der Waals surface area (Å²) in [5, 5.41) is 14.6. The Bertz CT molecular complexity index is 896. The molecule has 0 bridgehead atoms. The van der Waals surface area contributed by atoms with Gasteiger partial charge in [-0.25, -0.2) is 9.19 Å². The van der Waals surface area contributed by atoms with E-state index in [9.17, 15) is 17.4 Å². The van der Waals surface area contributed by atoms with Crippen molar-refractivity contribution in [2.24, 2.45) is 10.6 Å². The molecule has 0 radical (unpaired) electrons. The first-order chi connectivity index (χ1) is 12.3. The highest BCUT2D eigenvalue weighted by Crippen LogP contribution is 2.46. The van der Waals surface area contributed by atoms with E-state index in [2.05, 4.69) is 9.97 Å². The minimum absolute atomic E-state index is 0.167. The van der Waals surface area contributed by atoms with E-state index >= 15 is 0 Å². The van der Waals surface area contributed by atoms with Crippen molar-refractivity contribution < 1.29 is 17.4 Å². The van der Waals surface area contributed by atoms with Crippen LogP contribution in [-0.4, -0.2) is 25.1 Å². The number of aromatic nitrogens is 2. The number of alkyl halides is 3. The highest BCUT2D eigenvalue weighted by Gasteiger charge is 2.49. The number of fused-ring (bicyclic) bond motifs is 1. The molecule has 3 N–H and O–H groups in total. The average molecular weight is 400 g/mol. The van der Waals surface area contributed by atoms with E-state index in [0.29, 0.717) is 22.4 Å². The van der Waals surface area contributed by atoms with Gasteiger partial charge in [0, 0.05) is 5.92 Å². The van der Waals surface area contributed by atoms with Crippen LogP contribution in [0.4, 0.5) is 13.2 Å². The van der Waals surface area contributed by atoms with Gasteiger partial charge in [-0.3, -0.25) is 5.14 Å². The van der Waals surface area contributed by atoms with Gasteiger partial charge in [-0.05, 0) is 44.9 Å². The fourth-order valence-electron chi connectivity index (χ4n) is 2.97. The highest BCUT2D eigenvalue weighted by molar-refractivity contribution is 7.84. The Morgan fingerprint density at radius 2 is 1.89 bits per heavy atom. The summed E-state index contributed by atoms with van der Waals surface area (Å²) >= 11 is 0. The van der Waals surface area contributed by atoms with Gasteiger partial charge in [0.25, 0.3) is 0 Å². The number of aromatic amines is 1. The van der Waals surface area contributed by atoms with Crippen molar-refractivity contribution in [2.45, 2.75) is 57.4 Å². The number of hydrogen-bond acceptors (Lipinski definition) is 3. The number of hydrogen-bond donors (Lipinski definition) is 2. The molecule has 2 atom stereocenters. The molecule has 0 amide bonds. The maximum Gasteiger partial charge on any atom is 0.393 e. The van der Waals surface area contributed by atoms with Gasteiger partial charge in [-0.15, -0.1) is 0 Å². The molecule has 0 spiro atoms. The number of H-pyrrole nitrogens is 1. The summed E-state index contributed by atoms with van der Waals surface area (Å²) in [5.41, 5.74) is -0.398. The van der Waals surface area contributed by atoms with Crippen LogP contribution < -0.4 is 5.14 Å². The van der Waals surface area contributed by atoms with E-state index < -0.39 is 33.2 Å². The number of rotatable bonds is 6. The first-order valence-corrected chi connectivity index (χ1v) is 9.61. The number of nitrogens with zero attached hydrogens (tertiary/aromatic N) is 2. The van der Waals surface area contributed by atoms with Crippen LogP contribution in [0, 0.1) is 16.7 Å². The molecule has 0 saturated carbocycles. The Morgan fingerprint density at radius 3 is 2.41 bits per heavy atom. The molecule has 1 aromatic carbocycles. The van der Waals surface area contributed by atoms with E-state index in [1.165, 1.54) is 0 Å². The third kappa shape index (κ3) is 4.68. The Morgan fingerprint density at radius 1 is 1.26 bits per heavy atom. The number of nitriles is 1. The second kappa shape index (κ2) is 7.24. The molecule has 0 saturated heterocycles. The van der Waals surface area contributed by atoms with Gasteiger partial charge in [0.1, 0.15) is 5.82 Å². The van der Waals surface area contributed by atoms with Gasteiger partial charge in [-0.2, -0.15) is 18.4 Å². The lowest BCUT2D eigenvalue weighted by Gasteiger charge is -2.34. The molecule has 1 aromatic heterocycles. The summed E-state index contributed by atoms with van der Waals surface area (Å²) in [6.07, 6.45) is -4.46. The third-order valence-corrected chi connectivity index (χ3v) is 6.08. The van der Waals surface area contributed by atoms with Crippen molar-refractivity contribution in [3.8, 4) is 6.07 Å². The smallest absolute Gasteiger partial charge is 0.342 e. The first-order valence-electron chi connectivity index (χ1n) is 8.39. The molecule has 0 aliphatic carbocycles. The SMILES string of the molecule is CC(C)(C[C@H](CC(C)(C)C(F)(F)F)c1nc2ccc(C#N)cc2[nH]1)S(N)=O. The third-order valence-electron chi connectivity index (χ3n) is 4.82. The second-order valence-electron chi connectivity index (χ2n) is 8.01. The van der Waals surface area contributed by atoms with Crippen LogP contribution >= 0.6 is 0 Å². The van der Waals surface area contributed by atoms with E-state index in [0.717, 1.165) is 13.8 Å². The fraction of sp³-hybridized carbons (Fsp3) is 0.556. The first kappa shape index (κ1) is 21.4. The molecule has 9 heteroatoms. The van der Waals surface area contributed by atoms with Crippen LogP contribution in [-0.2, 0) is 11.0 Å². The maximum absolute atomic E-state index is 13.5. The molecule has 148 valence electrons. The molecule has 27 heavy (non-hydrogen) atoms. The number of nitrogens with two attached hydrogens (primary N) is 1. The Hall–Kier alpha value is -1.92. The van der Waals surface area contributed by atoms with E-state index in [1.54, 1.807) is 32.0 Å². The zero-order valence-electron chi connectivity index (χ0n) is 15.6. The zero-order valence-corrected chi connectivity index (χ0v) is 16.5. The van der Waals surface area contributed by atoms with Crippen molar-refractivity contribution in [2.75, 3.05) is 0 Å². The summed E-state index contributed by atoms with van der Waals surface area (Å²) in [7, 11) is -1.71. The summed E-state index contributed by atoms with van der Waals surface area (Å²) in [6, 6.07) is 6.86. The van der Waals surface area contributed by atoms with Gasteiger partial charge in [-0.1, -0.05) is 13.8 Å². The fourth-order valence-corrected chi connectivity index (χ4v) is 3.33. The van der Waals surface area contributed by atoms with Gasteiger partial charge in [0.15, 0.2) is 0 Å². The minimum Gasteiger partial charge on any atom is -0.342 e. The van der Waals surface area contributed by atoms with Crippen LogP contribution in [0.3, 0.4) is 0 Å². The molecule has 2 aromatic rings. The average Bonchev–Trinajstić information content (AvgIpc) is 2.95. The van der Waals surface area contributed by atoms with E-state index in [-0.39, 0.29) is 12.8 Å². The zero-order chi connectivity index (χ0) is 20.6. The number of nitrogens with one attached hydrogen (secondary N) is 1. The molecule has 1 unspecified atom stereocenters. The Balaban J connectivity index is 2.48. The highest BCUT2D eigenvalue weighted by atomic mass is 32.2. The summed E-state index contributed by atoms with van der Waals surface area (Å²) < 4.78 is 51.3. The van der Waals surface area contributed by atoms with Crippen molar-refractivity contribution in [1.29, 1.82) is 5.26 Å². The molecule has 1 heterocycles. The maximum atomic E-state index is 13.5. The molecule has 2 rings (SSSR count). The lowest BCUT2D eigenvalue weighted by atomic mass is 9.78. The predicted octanol–water partition coefficient (Wildman–Crippen LogP) is 4.29. The molecular weight excluding hydrogens is 377 g/mol. The van der Waals surface area contributed by atoms with Gasteiger partial charge < -0.3 is 4.98 Å². The lowest BCUT2D eigenvalue weighted by Crippen LogP contribution is -2.38. The van der Waals surface area contributed by atoms with Crippen LogP contribution in [0.5, 0.6) is 0 Å². The van der Waals surface area contributed by atoms with E-state index in [1.807, 2.05) is 6.07 Å². The number of imidazole rings is 1. The summed E-state index contributed by atoms with van der Waals surface area (Å²) in [5.74, 6) is -0.266. The molecular formula is C18H23F3N4OS. The molecule has 5 nitrogen and oxygen atoms in total. The lowest BCUT2D eigenvalue weighted by molar-refractivity contribution is -0.215. The van der Waals surface area contributed by atoms with Crippen LogP contribution in [0.2, 0.25) is 0 Å². The number of benzene rings is 1. The summed E-state index contributed by atoms with van der Waals surface area (Å²) in [4.78, 5) is 7.46. The molecule has 0 fully saturated rings. The van der Waals surface area contributed by atoms with Gasteiger partial charge in [0.05, 0.1) is 43.8 Å².